The molecule has 0 aliphatic rings. The second kappa shape index (κ2) is 5.87. The van der Waals surface area contributed by atoms with Gasteiger partial charge in [0.25, 0.3) is 5.69 Å². The first-order valence-electron chi connectivity index (χ1n) is 5.23. The Labute approximate surface area is 123 Å². The molecule has 0 amide bonds. The van der Waals surface area contributed by atoms with Gasteiger partial charge in [0.15, 0.2) is 4.34 Å². The van der Waals surface area contributed by atoms with Crippen molar-refractivity contribution in [1.82, 2.24) is 9.71 Å². The van der Waals surface area contributed by atoms with Crippen molar-refractivity contribution >= 4 is 38.8 Å². The molecule has 0 bridgehead atoms. The molecule has 0 radical (unpaired) electrons. The number of hydrogen-bond donors (Lipinski definition) is 1. The SMILES string of the molecule is CNS(=O)(=O)c1ccc(Sc2nccs2)c([N+](=O)[O-])c1. The fourth-order valence-electron chi connectivity index (χ4n) is 1.37. The number of benzene rings is 1. The van der Waals surface area contributed by atoms with Crippen molar-refractivity contribution < 1.29 is 13.3 Å². The zero-order chi connectivity index (χ0) is 14.8. The summed E-state index contributed by atoms with van der Waals surface area (Å²) in [5.74, 6) is 0. The van der Waals surface area contributed by atoms with Gasteiger partial charge >= 0.3 is 0 Å². The van der Waals surface area contributed by atoms with Crippen molar-refractivity contribution in [3.8, 4) is 0 Å². The summed E-state index contributed by atoms with van der Waals surface area (Å²) in [6.45, 7) is 0. The Bertz CT molecular complexity index is 728. The molecule has 2 aromatic rings. The van der Waals surface area contributed by atoms with Crippen LogP contribution in [0.4, 0.5) is 5.69 Å². The lowest BCUT2D eigenvalue weighted by atomic mass is 10.3. The zero-order valence-electron chi connectivity index (χ0n) is 10.1. The van der Waals surface area contributed by atoms with Crippen molar-refractivity contribution in [2.24, 2.45) is 0 Å². The second-order valence-electron chi connectivity index (χ2n) is 3.49. The lowest BCUT2D eigenvalue weighted by Gasteiger charge is -2.05. The van der Waals surface area contributed by atoms with Crippen molar-refractivity contribution in [2.75, 3.05) is 7.05 Å². The Morgan fingerprint density at radius 1 is 1.45 bits per heavy atom. The number of rotatable bonds is 5. The third-order valence-electron chi connectivity index (χ3n) is 2.31. The van der Waals surface area contributed by atoms with Gasteiger partial charge in [0.2, 0.25) is 10.0 Å². The highest BCUT2D eigenvalue weighted by Gasteiger charge is 2.21. The Morgan fingerprint density at radius 3 is 2.75 bits per heavy atom. The van der Waals surface area contributed by atoms with E-state index in [0.29, 0.717) is 9.24 Å². The molecule has 7 nitrogen and oxygen atoms in total. The summed E-state index contributed by atoms with van der Waals surface area (Å²) in [5.41, 5.74) is -0.262. The number of sulfonamides is 1. The summed E-state index contributed by atoms with van der Waals surface area (Å²) in [4.78, 5) is 14.7. The van der Waals surface area contributed by atoms with E-state index in [9.17, 15) is 18.5 Å². The fourth-order valence-corrected chi connectivity index (χ4v) is 3.78. The van der Waals surface area contributed by atoms with Crippen molar-refractivity contribution in [3.63, 3.8) is 0 Å². The van der Waals surface area contributed by atoms with Crippen LogP contribution in [0.2, 0.25) is 0 Å². The molecule has 0 atom stereocenters. The molecular formula is C10H9N3O4S3. The summed E-state index contributed by atoms with van der Waals surface area (Å²) >= 11 is 2.48. The van der Waals surface area contributed by atoms with Crippen LogP contribution in [0.3, 0.4) is 0 Å². The van der Waals surface area contributed by atoms with Gasteiger partial charge in [0, 0.05) is 17.6 Å². The van der Waals surface area contributed by atoms with Crippen molar-refractivity contribution in [3.05, 3.63) is 39.9 Å². The highest BCUT2D eigenvalue weighted by atomic mass is 32.2. The lowest BCUT2D eigenvalue weighted by Crippen LogP contribution is -2.18. The van der Waals surface area contributed by atoms with E-state index in [-0.39, 0.29) is 10.6 Å². The smallest absolute Gasteiger partial charge is 0.258 e. The molecule has 0 unspecified atom stereocenters. The quantitative estimate of drug-likeness (QED) is 0.665. The molecule has 20 heavy (non-hydrogen) atoms. The van der Waals surface area contributed by atoms with Gasteiger partial charge in [-0.2, -0.15) is 0 Å². The van der Waals surface area contributed by atoms with E-state index in [1.807, 2.05) is 0 Å². The molecule has 1 N–H and O–H groups in total. The third-order valence-corrected chi connectivity index (χ3v) is 5.67. The average molecular weight is 331 g/mol. The molecule has 2 rings (SSSR count). The molecular weight excluding hydrogens is 322 g/mol. The average Bonchev–Trinajstić information content (AvgIpc) is 2.91. The minimum atomic E-state index is -3.71. The van der Waals surface area contributed by atoms with Crippen LogP contribution in [0.15, 0.2) is 43.9 Å². The Hall–Kier alpha value is -1.49. The van der Waals surface area contributed by atoms with E-state index in [4.69, 9.17) is 0 Å². The van der Waals surface area contributed by atoms with E-state index in [2.05, 4.69) is 9.71 Å². The molecule has 0 fully saturated rings. The maximum Gasteiger partial charge on any atom is 0.284 e. The van der Waals surface area contributed by atoms with Crippen LogP contribution in [0.5, 0.6) is 0 Å². The summed E-state index contributed by atoms with van der Waals surface area (Å²) in [7, 11) is -2.46. The second-order valence-corrected chi connectivity index (χ2v) is 7.56. The van der Waals surface area contributed by atoms with E-state index < -0.39 is 14.9 Å². The van der Waals surface area contributed by atoms with Gasteiger partial charge in [-0.05, 0) is 19.2 Å². The van der Waals surface area contributed by atoms with E-state index in [1.165, 1.54) is 30.5 Å². The molecule has 1 aromatic heterocycles. The minimum absolute atomic E-state index is 0.143. The first-order chi connectivity index (χ1) is 9.44. The van der Waals surface area contributed by atoms with Gasteiger partial charge in [-0.1, -0.05) is 11.8 Å². The molecule has 0 aliphatic carbocycles. The predicted molar refractivity (Wildman–Crippen MR) is 75.6 cm³/mol. The van der Waals surface area contributed by atoms with Crippen LogP contribution in [-0.2, 0) is 10.0 Å². The molecule has 106 valence electrons. The molecule has 10 heteroatoms. The topological polar surface area (TPSA) is 102 Å². The summed E-state index contributed by atoms with van der Waals surface area (Å²) in [6.07, 6.45) is 1.60. The zero-order valence-corrected chi connectivity index (χ0v) is 12.6. The van der Waals surface area contributed by atoms with Crippen LogP contribution in [0.1, 0.15) is 0 Å². The van der Waals surface area contributed by atoms with Crippen molar-refractivity contribution in [2.45, 2.75) is 14.1 Å². The van der Waals surface area contributed by atoms with Crippen LogP contribution in [-0.4, -0.2) is 25.4 Å². The van der Waals surface area contributed by atoms with E-state index in [1.54, 1.807) is 11.6 Å². The number of nitro benzene ring substituents is 1. The number of hydrogen-bond acceptors (Lipinski definition) is 7. The standard InChI is InChI=1S/C10H9N3O4S3/c1-11-20(16,17)7-2-3-9(8(6-7)13(14)15)19-10-12-4-5-18-10/h2-6,11H,1H3. The summed E-state index contributed by atoms with van der Waals surface area (Å²) in [6, 6.07) is 3.78. The van der Waals surface area contributed by atoms with Gasteiger partial charge in [0.1, 0.15) is 0 Å². The maximum absolute atomic E-state index is 11.7. The van der Waals surface area contributed by atoms with Gasteiger partial charge in [-0.15, -0.1) is 11.3 Å². The number of thiazole rings is 1. The number of nitrogens with one attached hydrogen (secondary N) is 1. The predicted octanol–water partition coefficient (Wildman–Crippen LogP) is 2.11. The van der Waals surface area contributed by atoms with Crippen LogP contribution in [0, 0.1) is 10.1 Å². The lowest BCUT2D eigenvalue weighted by molar-refractivity contribution is -0.388. The van der Waals surface area contributed by atoms with Gasteiger partial charge in [0.05, 0.1) is 14.7 Å². The van der Waals surface area contributed by atoms with Crippen LogP contribution < -0.4 is 4.72 Å². The Balaban J connectivity index is 2.46. The normalized spacial score (nSPS) is 11.4. The third kappa shape index (κ3) is 3.15. The molecule has 0 aliphatic heterocycles. The van der Waals surface area contributed by atoms with E-state index in [0.717, 1.165) is 17.8 Å². The fraction of sp³-hybridized carbons (Fsp3) is 0.100. The molecule has 0 saturated heterocycles. The number of aromatic nitrogens is 1. The van der Waals surface area contributed by atoms with Crippen LogP contribution >= 0.6 is 23.1 Å². The highest BCUT2D eigenvalue weighted by Crippen LogP contribution is 2.36. The summed E-state index contributed by atoms with van der Waals surface area (Å²) in [5, 5.41) is 12.8. The van der Waals surface area contributed by atoms with Gasteiger partial charge in [-0.3, -0.25) is 10.1 Å². The van der Waals surface area contributed by atoms with Gasteiger partial charge < -0.3 is 0 Å². The van der Waals surface area contributed by atoms with E-state index >= 15 is 0 Å². The highest BCUT2D eigenvalue weighted by molar-refractivity contribution is 8.01. The molecule has 0 spiro atoms. The maximum atomic E-state index is 11.7. The Kier molecular flexibility index (Phi) is 4.38. The minimum Gasteiger partial charge on any atom is -0.258 e. The Morgan fingerprint density at radius 2 is 2.20 bits per heavy atom. The molecule has 1 aromatic carbocycles. The summed E-state index contributed by atoms with van der Waals surface area (Å²) < 4.78 is 26.1. The van der Waals surface area contributed by atoms with Crippen molar-refractivity contribution in [1.29, 1.82) is 0 Å². The van der Waals surface area contributed by atoms with Crippen LogP contribution in [0.25, 0.3) is 0 Å². The molecule has 0 saturated carbocycles. The van der Waals surface area contributed by atoms with Gasteiger partial charge in [-0.25, -0.2) is 18.1 Å². The number of nitro groups is 1. The number of nitrogens with zero attached hydrogens (tertiary/aromatic N) is 2. The monoisotopic (exact) mass is 331 g/mol. The largest absolute Gasteiger partial charge is 0.284 e. The first-order valence-corrected chi connectivity index (χ1v) is 8.41. The molecule has 1 heterocycles. The first kappa shape index (κ1) is 14.9.